The minimum Gasteiger partial charge on any atom is -0.493 e. The number of rotatable bonds is 5. The Kier molecular flexibility index (Phi) is 5.31. The summed E-state index contributed by atoms with van der Waals surface area (Å²) in [4.78, 5) is 0. The van der Waals surface area contributed by atoms with E-state index in [1.165, 1.54) is 27.2 Å². The van der Waals surface area contributed by atoms with Crippen molar-refractivity contribution in [3.63, 3.8) is 0 Å². The number of methoxy groups -OCH3 is 2. The standard InChI is InChI=1S/C20H20F3N3O2/c1-11-14(6-5-7-16(11)20(21,22)23)12(2)25-19-15-9-18(28-4)17(27-3)8-13(15)10-24-26-19/h5-10,12H,1-4H3,(H,25,26)/t12-/m1/s1. The van der Waals surface area contributed by atoms with Crippen molar-refractivity contribution in [3.8, 4) is 11.5 Å². The van der Waals surface area contributed by atoms with Gasteiger partial charge in [-0.3, -0.25) is 0 Å². The van der Waals surface area contributed by atoms with E-state index in [1.807, 2.05) is 0 Å². The third-order valence-electron chi connectivity index (χ3n) is 4.67. The van der Waals surface area contributed by atoms with Gasteiger partial charge in [-0.25, -0.2) is 0 Å². The van der Waals surface area contributed by atoms with Gasteiger partial charge in [0, 0.05) is 10.8 Å². The van der Waals surface area contributed by atoms with Crippen LogP contribution in [0.3, 0.4) is 0 Å². The van der Waals surface area contributed by atoms with Gasteiger partial charge in [0.25, 0.3) is 0 Å². The zero-order valence-corrected chi connectivity index (χ0v) is 15.9. The summed E-state index contributed by atoms with van der Waals surface area (Å²) in [6.07, 6.45) is -2.81. The lowest BCUT2D eigenvalue weighted by Gasteiger charge is -2.21. The van der Waals surface area contributed by atoms with Crippen molar-refractivity contribution >= 4 is 16.6 Å². The Morgan fingerprint density at radius 3 is 2.39 bits per heavy atom. The summed E-state index contributed by atoms with van der Waals surface area (Å²) in [5.74, 6) is 1.52. The van der Waals surface area contributed by atoms with Crippen molar-refractivity contribution in [1.82, 2.24) is 10.2 Å². The van der Waals surface area contributed by atoms with Gasteiger partial charge in [-0.15, -0.1) is 5.10 Å². The predicted molar refractivity (Wildman–Crippen MR) is 101 cm³/mol. The molecule has 5 nitrogen and oxygen atoms in total. The Morgan fingerprint density at radius 2 is 1.75 bits per heavy atom. The summed E-state index contributed by atoms with van der Waals surface area (Å²) in [6, 6.07) is 7.28. The lowest BCUT2D eigenvalue weighted by Crippen LogP contribution is -2.14. The van der Waals surface area contributed by atoms with Crippen molar-refractivity contribution in [1.29, 1.82) is 0 Å². The molecule has 0 amide bonds. The summed E-state index contributed by atoms with van der Waals surface area (Å²) in [5.41, 5.74) is 0.0746. The maximum Gasteiger partial charge on any atom is 0.416 e. The van der Waals surface area contributed by atoms with Crippen LogP contribution in [0.4, 0.5) is 19.0 Å². The average molecular weight is 391 g/mol. The zero-order valence-electron chi connectivity index (χ0n) is 15.9. The Labute approximate surface area is 160 Å². The molecule has 0 bridgehead atoms. The molecule has 148 valence electrons. The molecule has 8 heteroatoms. The van der Waals surface area contributed by atoms with E-state index in [0.29, 0.717) is 22.9 Å². The molecule has 1 aromatic heterocycles. The third-order valence-corrected chi connectivity index (χ3v) is 4.67. The summed E-state index contributed by atoms with van der Waals surface area (Å²) >= 11 is 0. The molecule has 1 heterocycles. The van der Waals surface area contributed by atoms with Crippen LogP contribution in [0.2, 0.25) is 0 Å². The van der Waals surface area contributed by atoms with Crippen LogP contribution < -0.4 is 14.8 Å². The van der Waals surface area contributed by atoms with Crippen molar-refractivity contribution in [2.75, 3.05) is 19.5 Å². The van der Waals surface area contributed by atoms with Gasteiger partial charge in [-0.1, -0.05) is 12.1 Å². The number of ether oxygens (including phenoxy) is 2. The number of benzene rings is 2. The second kappa shape index (κ2) is 7.53. The van der Waals surface area contributed by atoms with Gasteiger partial charge in [0.1, 0.15) is 0 Å². The second-order valence-corrected chi connectivity index (χ2v) is 6.37. The number of fused-ring (bicyclic) bond motifs is 1. The molecule has 1 atom stereocenters. The predicted octanol–water partition coefficient (Wildman–Crippen LogP) is 5.15. The molecule has 3 aromatic rings. The number of aromatic nitrogens is 2. The Hall–Kier alpha value is -3.03. The smallest absolute Gasteiger partial charge is 0.416 e. The molecular formula is C20H20F3N3O2. The lowest BCUT2D eigenvalue weighted by molar-refractivity contribution is -0.138. The van der Waals surface area contributed by atoms with Gasteiger partial charge < -0.3 is 14.8 Å². The summed E-state index contributed by atoms with van der Waals surface area (Å²) < 4.78 is 50.3. The first-order valence-corrected chi connectivity index (χ1v) is 8.57. The molecule has 0 radical (unpaired) electrons. The van der Waals surface area contributed by atoms with E-state index >= 15 is 0 Å². The van der Waals surface area contributed by atoms with Gasteiger partial charge in [-0.05, 0) is 43.2 Å². The number of nitrogens with one attached hydrogen (secondary N) is 1. The van der Waals surface area contributed by atoms with Crippen LogP contribution in [0.25, 0.3) is 10.8 Å². The number of hydrogen-bond acceptors (Lipinski definition) is 5. The van der Waals surface area contributed by atoms with Gasteiger partial charge in [0.2, 0.25) is 0 Å². The van der Waals surface area contributed by atoms with Crippen LogP contribution in [0.1, 0.15) is 29.7 Å². The van der Waals surface area contributed by atoms with Crippen LogP contribution in [-0.4, -0.2) is 24.4 Å². The molecular weight excluding hydrogens is 371 g/mol. The first kappa shape index (κ1) is 19.7. The highest BCUT2D eigenvalue weighted by atomic mass is 19.4. The lowest BCUT2D eigenvalue weighted by atomic mass is 9.97. The fraction of sp³-hybridized carbons (Fsp3) is 0.300. The van der Waals surface area contributed by atoms with Crippen LogP contribution in [-0.2, 0) is 6.18 Å². The van der Waals surface area contributed by atoms with E-state index < -0.39 is 17.8 Å². The summed E-state index contributed by atoms with van der Waals surface area (Å²) in [6.45, 7) is 3.25. The SMILES string of the molecule is COc1cc2cnnc(N[C@H](C)c3cccc(C(F)(F)F)c3C)c2cc1OC. The highest BCUT2D eigenvalue weighted by Crippen LogP contribution is 2.37. The van der Waals surface area contributed by atoms with Crippen molar-refractivity contribution < 1.29 is 22.6 Å². The highest BCUT2D eigenvalue weighted by Gasteiger charge is 2.33. The number of anilines is 1. The first-order valence-electron chi connectivity index (χ1n) is 8.57. The number of hydrogen-bond donors (Lipinski definition) is 1. The van der Waals surface area contributed by atoms with Crippen LogP contribution in [0, 0.1) is 6.92 Å². The number of nitrogens with zero attached hydrogens (tertiary/aromatic N) is 2. The van der Waals surface area contributed by atoms with E-state index in [-0.39, 0.29) is 5.56 Å². The van der Waals surface area contributed by atoms with Crippen molar-refractivity contribution in [2.24, 2.45) is 0 Å². The minimum atomic E-state index is -4.40. The first-order chi connectivity index (χ1) is 13.3. The van der Waals surface area contributed by atoms with E-state index in [0.717, 1.165) is 16.8 Å². The Balaban J connectivity index is 2.01. The molecule has 1 N–H and O–H groups in total. The van der Waals surface area contributed by atoms with Crippen LogP contribution in [0.5, 0.6) is 11.5 Å². The molecule has 0 unspecified atom stereocenters. The van der Waals surface area contributed by atoms with Crippen molar-refractivity contribution in [3.05, 3.63) is 53.2 Å². The van der Waals surface area contributed by atoms with E-state index in [9.17, 15) is 13.2 Å². The summed E-state index contributed by atoms with van der Waals surface area (Å²) in [7, 11) is 3.07. The fourth-order valence-electron chi connectivity index (χ4n) is 3.23. The molecule has 0 fully saturated rings. The quantitative estimate of drug-likeness (QED) is 0.652. The van der Waals surface area contributed by atoms with Gasteiger partial charge in [0.05, 0.1) is 32.0 Å². The van der Waals surface area contributed by atoms with E-state index in [4.69, 9.17) is 9.47 Å². The normalized spacial score (nSPS) is 12.7. The van der Waals surface area contributed by atoms with Gasteiger partial charge in [-0.2, -0.15) is 18.3 Å². The molecule has 0 aliphatic carbocycles. The molecule has 0 saturated carbocycles. The molecule has 28 heavy (non-hydrogen) atoms. The van der Waals surface area contributed by atoms with Gasteiger partial charge >= 0.3 is 6.18 Å². The molecule has 3 rings (SSSR count). The number of halogens is 3. The average Bonchev–Trinajstić information content (AvgIpc) is 2.66. The fourth-order valence-corrected chi connectivity index (χ4v) is 3.23. The van der Waals surface area contributed by atoms with Crippen LogP contribution >= 0.6 is 0 Å². The third kappa shape index (κ3) is 3.67. The maximum atomic E-state index is 13.2. The molecule has 0 aliphatic heterocycles. The van der Waals surface area contributed by atoms with E-state index in [2.05, 4.69) is 15.5 Å². The molecule has 2 aromatic carbocycles. The molecule has 0 saturated heterocycles. The topological polar surface area (TPSA) is 56.3 Å². The number of alkyl halides is 3. The monoisotopic (exact) mass is 391 g/mol. The molecule has 0 spiro atoms. The Morgan fingerprint density at radius 1 is 1.07 bits per heavy atom. The zero-order chi connectivity index (χ0) is 20.5. The minimum absolute atomic E-state index is 0.183. The van der Waals surface area contributed by atoms with E-state index in [1.54, 1.807) is 31.3 Å². The Bertz CT molecular complexity index is 1010. The largest absolute Gasteiger partial charge is 0.493 e. The maximum absolute atomic E-state index is 13.2. The second-order valence-electron chi connectivity index (χ2n) is 6.37. The van der Waals surface area contributed by atoms with Crippen LogP contribution in [0.15, 0.2) is 36.5 Å². The van der Waals surface area contributed by atoms with Crippen molar-refractivity contribution in [2.45, 2.75) is 26.1 Å². The van der Waals surface area contributed by atoms with Gasteiger partial charge in [0.15, 0.2) is 17.3 Å². The highest BCUT2D eigenvalue weighted by molar-refractivity contribution is 5.93. The molecule has 0 aliphatic rings. The summed E-state index contributed by atoms with van der Waals surface area (Å²) in [5, 5.41) is 12.8.